The summed E-state index contributed by atoms with van der Waals surface area (Å²) in [5.41, 5.74) is 6.33. The summed E-state index contributed by atoms with van der Waals surface area (Å²) in [6, 6.07) is 4.06. The molecule has 1 atom stereocenters. The van der Waals surface area contributed by atoms with Gasteiger partial charge in [0.05, 0.1) is 0 Å². The van der Waals surface area contributed by atoms with Gasteiger partial charge in [-0.05, 0) is 25.1 Å². The molecule has 6 heteroatoms. The normalized spacial score (nSPS) is 12.5. The van der Waals surface area contributed by atoms with Crippen LogP contribution in [0.25, 0.3) is 0 Å². The van der Waals surface area contributed by atoms with Crippen molar-refractivity contribution in [2.24, 2.45) is 12.8 Å². The number of aromatic nitrogens is 3. The van der Waals surface area contributed by atoms with Gasteiger partial charge in [-0.25, -0.2) is 4.39 Å². The molecule has 2 N–H and O–H groups in total. The van der Waals surface area contributed by atoms with Crippen molar-refractivity contribution in [3.8, 4) is 11.8 Å². The van der Waals surface area contributed by atoms with Gasteiger partial charge in [0, 0.05) is 18.7 Å². The molecule has 0 aliphatic heterocycles. The van der Waals surface area contributed by atoms with E-state index in [1.165, 1.54) is 29.2 Å². The van der Waals surface area contributed by atoms with Crippen LogP contribution < -0.4 is 10.5 Å². The average Bonchev–Trinajstić information content (AvgIpc) is 2.66. The van der Waals surface area contributed by atoms with Gasteiger partial charge in [-0.3, -0.25) is 4.68 Å². The summed E-state index contributed by atoms with van der Waals surface area (Å²) < 4.78 is 20.1. The van der Waals surface area contributed by atoms with Crippen molar-refractivity contribution >= 4 is 0 Å². The SMILES string of the molecule is C[C@@H](N)c1cc(F)ccc1Oc1ncn(C)n1. The van der Waals surface area contributed by atoms with Crippen LogP contribution in [0.3, 0.4) is 0 Å². The minimum atomic E-state index is -0.348. The van der Waals surface area contributed by atoms with Crippen LogP contribution in [0.5, 0.6) is 11.8 Å². The Bertz CT molecular complexity index is 524. The predicted octanol–water partition coefficient (Wildman–Crippen LogP) is 1.77. The first kappa shape index (κ1) is 11.5. The van der Waals surface area contributed by atoms with Crippen molar-refractivity contribution in [2.75, 3.05) is 0 Å². The zero-order chi connectivity index (χ0) is 12.4. The molecule has 0 aliphatic carbocycles. The zero-order valence-electron chi connectivity index (χ0n) is 9.59. The van der Waals surface area contributed by atoms with Crippen LogP contribution in [0, 0.1) is 5.82 Å². The van der Waals surface area contributed by atoms with Gasteiger partial charge in [0.15, 0.2) is 0 Å². The highest BCUT2D eigenvalue weighted by Gasteiger charge is 2.12. The third-order valence-corrected chi connectivity index (χ3v) is 2.24. The average molecular weight is 236 g/mol. The van der Waals surface area contributed by atoms with Gasteiger partial charge in [0.2, 0.25) is 0 Å². The number of nitrogens with two attached hydrogens (primary N) is 1. The molecule has 0 unspecified atom stereocenters. The number of benzene rings is 1. The number of halogens is 1. The molecule has 0 aliphatic rings. The number of rotatable bonds is 3. The van der Waals surface area contributed by atoms with Crippen LogP contribution in [0.2, 0.25) is 0 Å². The van der Waals surface area contributed by atoms with E-state index in [-0.39, 0.29) is 17.9 Å². The number of hydrogen-bond donors (Lipinski definition) is 1. The molecule has 0 saturated heterocycles. The van der Waals surface area contributed by atoms with E-state index in [1.807, 2.05) is 0 Å². The smallest absolute Gasteiger partial charge is 0.340 e. The molecule has 0 spiro atoms. The highest BCUT2D eigenvalue weighted by atomic mass is 19.1. The zero-order valence-corrected chi connectivity index (χ0v) is 9.59. The Morgan fingerprint density at radius 3 is 2.82 bits per heavy atom. The van der Waals surface area contributed by atoms with Crippen LogP contribution >= 0.6 is 0 Å². The molecule has 17 heavy (non-hydrogen) atoms. The van der Waals surface area contributed by atoms with E-state index in [4.69, 9.17) is 10.5 Å². The summed E-state index contributed by atoms with van der Waals surface area (Å²) in [5.74, 6) is 0.117. The molecule has 0 fully saturated rings. The predicted molar refractivity (Wildman–Crippen MR) is 60.1 cm³/mol. The Morgan fingerprint density at radius 2 is 2.24 bits per heavy atom. The molecule has 0 bridgehead atoms. The second kappa shape index (κ2) is 4.50. The first-order chi connectivity index (χ1) is 8.06. The van der Waals surface area contributed by atoms with E-state index in [9.17, 15) is 4.39 Å². The third kappa shape index (κ3) is 2.59. The van der Waals surface area contributed by atoms with Gasteiger partial charge < -0.3 is 10.5 Å². The first-order valence-corrected chi connectivity index (χ1v) is 5.15. The highest BCUT2D eigenvalue weighted by molar-refractivity contribution is 5.37. The topological polar surface area (TPSA) is 66.0 Å². The fourth-order valence-electron chi connectivity index (χ4n) is 1.43. The van der Waals surface area contributed by atoms with Gasteiger partial charge in [-0.15, -0.1) is 5.10 Å². The molecule has 1 heterocycles. The Morgan fingerprint density at radius 1 is 1.47 bits per heavy atom. The summed E-state index contributed by atoms with van der Waals surface area (Å²) in [5, 5.41) is 3.98. The summed E-state index contributed by atoms with van der Waals surface area (Å²) >= 11 is 0. The van der Waals surface area contributed by atoms with Crippen molar-refractivity contribution in [1.82, 2.24) is 14.8 Å². The Balaban J connectivity index is 2.32. The lowest BCUT2D eigenvalue weighted by molar-refractivity contribution is 0.429. The van der Waals surface area contributed by atoms with Gasteiger partial charge in [-0.1, -0.05) is 0 Å². The lowest BCUT2D eigenvalue weighted by Gasteiger charge is -2.11. The number of hydrogen-bond acceptors (Lipinski definition) is 4. The van der Waals surface area contributed by atoms with E-state index in [1.54, 1.807) is 14.0 Å². The molecular formula is C11H13FN4O. The number of aryl methyl sites for hydroxylation is 1. The van der Waals surface area contributed by atoms with Gasteiger partial charge in [-0.2, -0.15) is 4.98 Å². The van der Waals surface area contributed by atoms with Gasteiger partial charge in [0.1, 0.15) is 17.9 Å². The molecule has 2 aromatic rings. The van der Waals surface area contributed by atoms with E-state index in [2.05, 4.69) is 10.1 Å². The summed E-state index contributed by atoms with van der Waals surface area (Å²) in [4.78, 5) is 3.93. The largest absolute Gasteiger partial charge is 0.423 e. The minimum absolute atomic E-state index is 0.209. The summed E-state index contributed by atoms with van der Waals surface area (Å²) in [7, 11) is 1.73. The lowest BCUT2D eigenvalue weighted by atomic mass is 10.1. The summed E-state index contributed by atoms with van der Waals surface area (Å²) in [6.45, 7) is 1.76. The first-order valence-electron chi connectivity index (χ1n) is 5.15. The second-order valence-electron chi connectivity index (χ2n) is 3.77. The number of ether oxygens (including phenoxy) is 1. The van der Waals surface area contributed by atoms with E-state index < -0.39 is 0 Å². The summed E-state index contributed by atoms with van der Waals surface area (Å²) in [6.07, 6.45) is 1.52. The van der Waals surface area contributed by atoms with Crippen LogP contribution in [-0.4, -0.2) is 14.8 Å². The van der Waals surface area contributed by atoms with Crippen molar-refractivity contribution < 1.29 is 9.13 Å². The van der Waals surface area contributed by atoms with Crippen molar-refractivity contribution in [3.63, 3.8) is 0 Å². The van der Waals surface area contributed by atoms with E-state index in [0.29, 0.717) is 11.3 Å². The quantitative estimate of drug-likeness (QED) is 0.881. The van der Waals surface area contributed by atoms with Crippen molar-refractivity contribution in [2.45, 2.75) is 13.0 Å². The molecule has 5 nitrogen and oxygen atoms in total. The minimum Gasteiger partial charge on any atom is -0.423 e. The molecule has 0 radical (unpaired) electrons. The van der Waals surface area contributed by atoms with Crippen LogP contribution in [0.15, 0.2) is 24.5 Å². The molecule has 90 valence electrons. The monoisotopic (exact) mass is 236 g/mol. The lowest BCUT2D eigenvalue weighted by Crippen LogP contribution is -2.07. The maximum Gasteiger partial charge on any atom is 0.340 e. The fraction of sp³-hybridized carbons (Fsp3) is 0.273. The highest BCUT2D eigenvalue weighted by Crippen LogP contribution is 2.27. The molecule has 0 amide bonds. The fourth-order valence-corrected chi connectivity index (χ4v) is 1.43. The maximum atomic E-state index is 13.1. The Hall–Kier alpha value is -1.95. The van der Waals surface area contributed by atoms with Crippen molar-refractivity contribution in [3.05, 3.63) is 35.9 Å². The third-order valence-electron chi connectivity index (χ3n) is 2.24. The number of nitrogens with zero attached hydrogens (tertiary/aromatic N) is 3. The Labute approximate surface area is 98.0 Å². The van der Waals surface area contributed by atoms with Crippen LogP contribution in [-0.2, 0) is 7.05 Å². The van der Waals surface area contributed by atoms with Crippen LogP contribution in [0.1, 0.15) is 18.5 Å². The van der Waals surface area contributed by atoms with Gasteiger partial charge >= 0.3 is 6.01 Å². The molecule has 1 aromatic carbocycles. The maximum absolute atomic E-state index is 13.1. The van der Waals surface area contributed by atoms with Crippen LogP contribution in [0.4, 0.5) is 4.39 Å². The van der Waals surface area contributed by atoms with Gasteiger partial charge in [0.25, 0.3) is 0 Å². The standard InChI is InChI=1S/C11H13FN4O/c1-7(13)9-5-8(12)3-4-10(9)17-11-14-6-16(2)15-11/h3-7H,13H2,1-2H3/t7-/m1/s1. The van der Waals surface area contributed by atoms with Crippen molar-refractivity contribution in [1.29, 1.82) is 0 Å². The molecule has 2 rings (SSSR count). The van der Waals surface area contributed by atoms with E-state index >= 15 is 0 Å². The second-order valence-corrected chi connectivity index (χ2v) is 3.77. The van der Waals surface area contributed by atoms with E-state index in [0.717, 1.165) is 0 Å². The Kier molecular flexibility index (Phi) is 3.06. The molecule has 0 saturated carbocycles. The molecular weight excluding hydrogens is 223 g/mol. The molecule has 1 aromatic heterocycles.